The van der Waals surface area contributed by atoms with Crippen molar-refractivity contribution < 1.29 is 30.7 Å². The third kappa shape index (κ3) is 6.99. The molecule has 5 rings (SSSR count). The monoisotopic (exact) mass is 618 g/mol. The Labute approximate surface area is 247 Å². The topological polar surface area (TPSA) is 81.4 Å². The van der Waals surface area contributed by atoms with E-state index in [2.05, 4.69) is 9.71 Å². The maximum atomic E-state index is 14.3. The fraction of sp³-hybridized carbons (Fsp3) is 0.323. The molecule has 0 saturated heterocycles. The van der Waals surface area contributed by atoms with E-state index < -0.39 is 27.2 Å². The molecular weight excluding hydrogens is 589 g/mol. The quantitative estimate of drug-likeness (QED) is 0.189. The van der Waals surface area contributed by atoms with E-state index >= 15 is 0 Å². The van der Waals surface area contributed by atoms with Gasteiger partial charge in [-0.3, -0.25) is 0 Å². The Balaban J connectivity index is 1.53. The van der Waals surface area contributed by atoms with Crippen LogP contribution in [0.3, 0.4) is 0 Å². The molecule has 0 bridgehead atoms. The molecule has 0 amide bonds. The molecule has 2 atom stereocenters. The molecule has 1 saturated carbocycles. The van der Waals surface area contributed by atoms with Gasteiger partial charge in [-0.2, -0.15) is 13.2 Å². The lowest BCUT2D eigenvalue weighted by Gasteiger charge is -2.27. The minimum Gasteiger partial charge on any atom is -0.488 e. The van der Waals surface area contributed by atoms with Crippen LogP contribution in [0.5, 0.6) is 5.75 Å². The van der Waals surface area contributed by atoms with Crippen molar-refractivity contribution in [3.63, 3.8) is 0 Å². The minimum absolute atomic E-state index is 0.00327. The van der Waals surface area contributed by atoms with E-state index in [9.17, 15) is 21.6 Å². The number of nitrogens with zero attached hydrogens (tertiary/aromatic N) is 1. The second-order valence-corrected chi connectivity index (χ2v) is 12.8. The Morgan fingerprint density at radius 1 is 1.05 bits per heavy atom. The molecule has 1 fully saturated rings. The van der Waals surface area contributed by atoms with Crippen molar-refractivity contribution in [1.82, 2.24) is 9.71 Å². The molecule has 1 aliphatic carbocycles. The molecular formula is C31H30ClF3N2O4S. The van der Waals surface area contributed by atoms with E-state index in [1.54, 1.807) is 24.3 Å². The first-order chi connectivity index (χ1) is 20.0. The van der Waals surface area contributed by atoms with Gasteiger partial charge in [0.2, 0.25) is 15.9 Å². The molecule has 1 heterocycles. The van der Waals surface area contributed by atoms with Gasteiger partial charge >= 0.3 is 6.18 Å². The van der Waals surface area contributed by atoms with Crippen molar-refractivity contribution in [1.29, 1.82) is 0 Å². The molecule has 0 radical (unpaired) electrons. The van der Waals surface area contributed by atoms with Crippen LogP contribution in [0.25, 0.3) is 11.1 Å². The predicted octanol–water partition coefficient (Wildman–Crippen LogP) is 7.26. The summed E-state index contributed by atoms with van der Waals surface area (Å²) in [6.45, 7) is 0.198. The SMILES string of the molecule is CS(=O)(=O)N[C@H]1CC[C@](Cc2ccc(C(F)(F)F)c(-c3ccccc3OCc3ccccc3)c2)(c2nc(CCl)co2)C1. The fourth-order valence-corrected chi connectivity index (χ4v) is 6.61. The van der Waals surface area contributed by atoms with Crippen LogP contribution in [0.15, 0.2) is 83.5 Å². The van der Waals surface area contributed by atoms with Gasteiger partial charge in [0.25, 0.3) is 0 Å². The number of oxazole rings is 1. The number of hydrogen-bond acceptors (Lipinski definition) is 5. The molecule has 0 spiro atoms. The molecule has 42 heavy (non-hydrogen) atoms. The highest BCUT2D eigenvalue weighted by atomic mass is 35.5. The number of aromatic nitrogens is 1. The minimum atomic E-state index is -4.60. The summed E-state index contributed by atoms with van der Waals surface area (Å²) in [6.07, 6.45) is -0.341. The van der Waals surface area contributed by atoms with E-state index in [0.29, 0.717) is 47.7 Å². The van der Waals surface area contributed by atoms with E-state index in [1.165, 1.54) is 18.4 Å². The fourth-order valence-electron chi connectivity index (χ4n) is 5.68. The summed E-state index contributed by atoms with van der Waals surface area (Å²) in [6, 6.07) is 19.8. The number of alkyl halides is 4. The molecule has 222 valence electrons. The van der Waals surface area contributed by atoms with Crippen LogP contribution in [-0.4, -0.2) is 25.7 Å². The first-order valence-electron chi connectivity index (χ1n) is 13.4. The Bertz CT molecular complexity index is 1640. The van der Waals surface area contributed by atoms with Gasteiger partial charge in [-0.1, -0.05) is 60.7 Å². The number of benzene rings is 3. The summed E-state index contributed by atoms with van der Waals surface area (Å²) < 4.78 is 81.3. The zero-order chi connectivity index (χ0) is 30.0. The van der Waals surface area contributed by atoms with Crippen LogP contribution in [0, 0.1) is 0 Å². The highest BCUT2D eigenvalue weighted by Gasteiger charge is 2.45. The lowest BCUT2D eigenvalue weighted by Crippen LogP contribution is -2.35. The summed E-state index contributed by atoms with van der Waals surface area (Å²) in [5, 5.41) is 0. The molecule has 1 aromatic heterocycles. The zero-order valence-corrected chi connectivity index (χ0v) is 24.4. The molecule has 4 aromatic rings. The summed E-state index contributed by atoms with van der Waals surface area (Å²) in [4.78, 5) is 4.54. The van der Waals surface area contributed by atoms with Crippen molar-refractivity contribution in [3.8, 4) is 16.9 Å². The number of halogens is 4. The van der Waals surface area contributed by atoms with Gasteiger partial charge in [-0.15, -0.1) is 11.6 Å². The number of para-hydroxylation sites is 1. The van der Waals surface area contributed by atoms with Gasteiger partial charge in [-0.05, 0) is 54.5 Å². The van der Waals surface area contributed by atoms with Gasteiger partial charge in [0, 0.05) is 11.6 Å². The average Bonchev–Trinajstić information content (AvgIpc) is 3.59. The number of nitrogens with one attached hydrogen (secondary N) is 1. The number of sulfonamides is 1. The van der Waals surface area contributed by atoms with Crippen LogP contribution in [0.4, 0.5) is 13.2 Å². The standard InChI is InChI=1S/C31H30ClF3N2O4S/c1-42(38,39)37-23-13-14-30(17-23,29-36-24(18-32)20-41-29)16-22-11-12-27(31(33,34)35)26(15-22)25-9-5-6-10-28(25)40-19-21-7-3-2-4-8-21/h2-12,15,20,23,37H,13-14,16-19H2,1H3/t23-,30+/m0/s1. The smallest absolute Gasteiger partial charge is 0.417 e. The molecule has 3 aromatic carbocycles. The number of hydrogen-bond donors (Lipinski definition) is 1. The summed E-state index contributed by atoms with van der Waals surface area (Å²) in [5.41, 5.74) is 0.841. The third-order valence-electron chi connectivity index (χ3n) is 7.48. The van der Waals surface area contributed by atoms with Gasteiger partial charge in [0.15, 0.2) is 0 Å². The van der Waals surface area contributed by atoms with Crippen molar-refractivity contribution in [2.75, 3.05) is 6.26 Å². The van der Waals surface area contributed by atoms with Crippen LogP contribution in [0.2, 0.25) is 0 Å². The Morgan fingerprint density at radius 3 is 2.48 bits per heavy atom. The third-order valence-corrected chi connectivity index (χ3v) is 8.51. The summed E-state index contributed by atoms with van der Waals surface area (Å²) in [5.74, 6) is 0.856. The van der Waals surface area contributed by atoms with Crippen LogP contribution < -0.4 is 9.46 Å². The first-order valence-corrected chi connectivity index (χ1v) is 15.8. The Hall–Kier alpha value is -3.34. The van der Waals surface area contributed by atoms with Crippen molar-refractivity contribution in [2.24, 2.45) is 0 Å². The van der Waals surface area contributed by atoms with E-state index in [0.717, 1.165) is 17.9 Å². The van der Waals surface area contributed by atoms with Gasteiger partial charge in [-0.25, -0.2) is 18.1 Å². The Kier molecular flexibility index (Phi) is 8.68. The van der Waals surface area contributed by atoms with Gasteiger partial charge < -0.3 is 9.15 Å². The number of rotatable bonds is 10. The second kappa shape index (κ2) is 12.1. The maximum Gasteiger partial charge on any atom is 0.417 e. The Morgan fingerprint density at radius 2 is 1.79 bits per heavy atom. The van der Waals surface area contributed by atoms with E-state index in [-0.39, 0.29) is 30.5 Å². The average molecular weight is 619 g/mol. The second-order valence-electron chi connectivity index (χ2n) is 10.7. The molecule has 11 heteroatoms. The van der Waals surface area contributed by atoms with Crippen molar-refractivity contribution in [3.05, 3.63) is 107 Å². The number of ether oxygens (including phenoxy) is 1. The summed E-state index contributed by atoms with van der Waals surface area (Å²) >= 11 is 5.96. The van der Waals surface area contributed by atoms with Crippen LogP contribution in [-0.2, 0) is 40.5 Å². The van der Waals surface area contributed by atoms with Gasteiger partial charge in [0.05, 0.1) is 28.8 Å². The van der Waals surface area contributed by atoms with E-state index in [1.807, 2.05) is 30.3 Å². The van der Waals surface area contributed by atoms with Crippen molar-refractivity contribution >= 4 is 21.6 Å². The van der Waals surface area contributed by atoms with Crippen molar-refractivity contribution in [2.45, 2.75) is 55.8 Å². The maximum absolute atomic E-state index is 14.3. The van der Waals surface area contributed by atoms with Crippen LogP contribution >= 0.6 is 11.6 Å². The molecule has 1 N–H and O–H groups in total. The highest BCUT2D eigenvalue weighted by Crippen LogP contribution is 2.46. The normalized spacial score (nSPS) is 19.2. The first kappa shape index (κ1) is 30.1. The summed E-state index contributed by atoms with van der Waals surface area (Å²) in [7, 11) is -3.47. The molecule has 0 unspecified atom stereocenters. The van der Waals surface area contributed by atoms with Gasteiger partial charge in [0.1, 0.15) is 18.6 Å². The predicted molar refractivity (Wildman–Crippen MR) is 155 cm³/mol. The lowest BCUT2D eigenvalue weighted by atomic mass is 9.78. The zero-order valence-electron chi connectivity index (χ0n) is 22.8. The highest BCUT2D eigenvalue weighted by molar-refractivity contribution is 7.88. The molecule has 0 aliphatic heterocycles. The van der Waals surface area contributed by atoms with Crippen LogP contribution in [0.1, 0.15) is 47.5 Å². The molecule has 1 aliphatic rings. The molecule has 6 nitrogen and oxygen atoms in total. The largest absolute Gasteiger partial charge is 0.488 e. The van der Waals surface area contributed by atoms with E-state index in [4.69, 9.17) is 20.8 Å². The lowest BCUT2D eigenvalue weighted by molar-refractivity contribution is -0.137.